The predicted molar refractivity (Wildman–Crippen MR) is 117 cm³/mol. The summed E-state index contributed by atoms with van der Waals surface area (Å²) in [5.41, 5.74) is 0.858. The number of anilines is 1. The van der Waals surface area contributed by atoms with Crippen molar-refractivity contribution in [2.45, 2.75) is 6.92 Å². The van der Waals surface area contributed by atoms with E-state index in [1.807, 2.05) is 11.8 Å². The van der Waals surface area contributed by atoms with Crippen LogP contribution in [-0.2, 0) is 4.79 Å². The molecule has 1 aliphatic rings. The van der Waals surface area contributed by atoms with E-state index in [1.54, 1.807) is 41.3 Å². The first-order valence-electron chi connectivity index (χ1n) is 9.86. The molecule has 0 aromatic heterocycles. The Morgan fingerprint density at radius 2 is 1.81 bits per heavy atom. The van der Waals surface area contributed by atoms with Gasteiger partial charge in [-0.2, -0.15) is 0 Å². The maximum absolute atomic E-state index is 12.5. The minimum absolute atomic E-state index is 0.0603. The number of halogens is 1. The van der Waals surface area contributed by atoms with Gasteiger partial charge in [0.05, 0.1) is 18.1 Å². The molecule has 1 N–H and O–H groups in total. The summed E-state index contributed by atoms with van der Waals surface area (Å²) >= 11 is 5.87. The molecule has 164 valence electrons. The molecule has 9 nitrogen and oxygen atoms in total. The predicted octanol–water partition coefficient (Wildman–Crippen LogP) is 2.73. The number of nitrogens with zero attached hydrogens (tertiary/aromatic N) is 3. The molecule has 2 aromatic rings. The van der Waals surface area contributed by atoms with Crippen molar-refractivity contribution < 1.29 is 19.2 Å². The molecular weight excluding hydrogens is 424 g/mol. The average molecular weight is 447 g/mol. The average Bonchev–Trinajstić information content (AvgIpc) is 2.78. The number of benzene rings is 2. The molecule has 0 unspecified atom stereocenters. The van der Waals surface area contributed by atoms with Gasteiger partial charge >= 0.3 is 0 Å². The Morgan fingerprint density at radius 1 is 1.13 bits per heavy atom. The molecule has 1 fully saturated rings. The number of carbonyl (C=O) groups excluding carboxylic acids is 2. The van der Waals surface area contributed by atoms with Crippen molar-refractivity contribution in [3.8, 4) is 5.75 Å². The Labute approximate surface area is 184 Å². The Kier molecular flexibility index (Phi) is 7.30. The number of amides is 2. The number of nitrogens with one attached hydrogen (secondary N) is 1. The van der Waals surface area contributed by atoms with Crippen molar-refractivity contribution >= 4 is 34.8 Å². The van der Waals surface area contributed by atoms with Crippen LogP contribution >= 0.6 is 11.6 Å². The van der Waals surface area contributed by atoms with Crippen LogP contribution < -0.4 is 15.0 Å². The summed E-state index contributed by atoms with van der Waals surface area (Å²) in [5, 5.41) is 14.2. The Balaban J connectivity index is 1.51. The molecule has 0 atom stereocenters. The minimum atomic E-state index is -0.463. The van der Waals surface area contributed by atoms with Crippen molar-refractivity contribution in [2.75, 3.05) is 44.2 Å². The highest BCUT2D eigenvalue weighted by Crippen LogP contribution is 2.31. The third-order valence-electron chi connectivity index (χ3n) is 4.93. The Hall–Kier alpha value is -3.33. The lowest BCUT2D eigenvalue weighted by Crippen LogP contribution is -2.51. The van der Waals surface area contributed by atoms with Crippen LogP contribution in [0.3, 0.4) is 0 Å². The van der Waals surface area contributed by atoms with E-state index in [4.69, 9.17) is 16.3 Å². The van der Waals surface area contributed by atoms with Crippen LogP contribution in [-0.4, -0.2) is 61.0 Å². The van der Waals surface area contributed by atoms with Gasteiger partial charge in [-0.3, -0.25) is 19.7 Å². The monoisotopic (exact) mass is 446 g/mol. The topological polar surface area (TPSA) is 105 Å². The molecule has 0 spiro atoms. The van der Waals surface area contributed by atoms with Crippen molar-refractivity contribution in [3.63, 3.8) is 0 Å². The van der Waals surface area contributed by atoms with Gasteiger partial charge in [0.25, 0.3) is 11.6 Å². The van der Waals surface area contributed by atoms with Gasteiger partial charge in [-0.15, -0.1) is 0 Å². The number of nitro benzene ring substituents is 1. The maximum Gasteiger partial charge on any atom is 0.294 e. The number of piperazine rings is 1. The van der Waals surface area contributed by atoms with E-state index in [2.05, 4.69) is 5.32 Å². The second kappa shape index (κ2) is 10.1. The van der Waals surface area contributed by atoms with Crippen LogP contribution in [0.5, 0.6) is 5.75 Å². The van der Waals surface area contributed by atoms with Gasteiger partial charge in [-0.25, -0.2) is 0 Å². The van der Waals surface area contributed by atoms with E-state index in [0.717, 1.165) is 0 Å². The molecule has 1 heterocycles. The summed E-state index contributed by atoms with van der Waals surface area (Å²) in [6, 6.07) is 11.2. The maximum atomic E-state index is 12.5. The molecule has 2 amide bonds. The van der Waals surface area contributed by atoms with Gasteiger partial charge in [0.15, 0.2) is 0 Å². The fourth-order valence-corrected chi connectivity index (χ4v) is 3.51. The van der Waals surface area contributed by atoms with E-state index < -0.39 is 4.92 Å². The van der Waals surface area contributed by atoms with Crippen LogP contribution in [0.2, 0.25) is 5.02 Å². The SMILES string of the molecule is CCOc1ccc(C(=O)NCC(=O)N2CCN(c3ccc(Cl)cc3[N+](=O)[O-])CC2)cc1. The lowest BCUT2D eigenvalue weighted by atomic mass is 10.2. The highest BCUT2D eigenvalue weighted by molar-refractivity contribution is 6.30. The molecule has 0 aliphatic carbocycles. The number of rotatable bonds is 7. The summed E-state index contributed by atoms with van der Waals surface area (Å²) in [6.07, 6.45) is 0. The first kappa shape index (κ1) is 22.4. The van der Waals surface area contributed by atoms with E-state index in [0.29, 0.717) is 54.8 Å². The number of hydrogen-bond acceptors (Lipinski definition) is 6. The van der Waals surface area contributed by atoms with E-state index in [9.17, 15) is 19.7 Å². The van der Waals surface area contributed by atoms with Gasteiger partial charge in [-0.05, 0) is 43.3 Å². The van der Waals surface area contributed by atoms with Crippen LogP contribution in [0.1, 0.15) is 17.3 Å². The first-order chi connectivity index (χ1) is 14.9. The summed E-state index contributed by atoms with van der Waals surface area (Å²) in [5.74, 6) is 0.130. The van der Waals surface area contributed by atoms with E-state index in [1.165, 1.54) is 6.07 Å². The zero-order valence-electron chi connectivity index (χ0n) is 17.0. The standard InChI is InChI=1S/C21H23ClN4O5/c1-2-31-17-6-3-15(4-7-17)21(28)23-14-20(27)25-11-9-24(10-12-25)18-8-5-16(22)13-19(18)26(29)30/h3-8,13H,2,9-12,14H2,1H3,(H,23,28). The lowest BCUT2D eigenvalue weighted by Gasteiger charge is -2.35. The van der Waals surface area contributed by atoms with E-state index >= 15 is 0 Å². The molecule has 1 aliphatic heterocycles. The largest absolute Gasteiger partial charge is 0.494 e. The summed E-state index contributed by atoms with van der Waals surface area (Å²) in [6.45, 7) is 3.99. The quantitative estimate of drug-likeness (QED) is 0.518. The second-order valence-corrected chi connectivity index (χ2v) is 7.33. The molecule has 0 bridgehead atoms. The van der Waals surface area contributed by atoms with Crippen LogP contribution in [0.4, 0.5) is 11.4 Å². The molecule has 2 aromatic carbocycles. The number of nitro groups is 1. The van der Waals surface area contributed by atoms with Crippen LogP contribution in [0, 0.1) is 10.1 Å². The van der Waals surface area contributed by atoms with Crippen LogP contribution in [0.25, 0.3) is 0 Å². The summed E-state index contributed by atoms with van der Waals surface area (Å²) in [7, 11) is 0. The Morgan fingerprint density at radius 3 is 2.42 bits per heavy atom. The van der Waals surface area contributed by atoms with Crippen molar-refractivity contribution in [1.29, 1.82) is 0 Å². The van der Waals surface area contributed by atoms with Gasteiger partial charge < -0.3 is 19.9 Å². The fourth-order valence-electron chi connectivity index (χ4n) is 3.35. The van der Waals surface area contributed by atoms with Crippen LogP contribution in [0.15, 0.2) is 42.5 Å². The zero-order chi connectivity index (χ0) is 22.4. The van der Waals surface area contributed by atoms with Crippen molar-refractivity contribution in [2.24, 2.45) is 0 Å². The van der Waals surface area contributed by atoms with Gasteiger partial charge in [-0.1, -0.05) is 11.6 Å². The summed E-state index contributed by atoms with van der Waals surface area (Å²) in [4.78, 5) is 39.1. The molecule has 31 heavy (non-hydrogen) atoms. The number of hydrogen-bond donors (Lipinski definition) is 1. The van der Waals surface area contributed by atoms with Crippen molar-refractivity contribution in [3.05, 3.63) is 63.2 Å². The second-order valence-electron chi connectivity index (χ2n) is 6.90. The summed E-state index contributed by atoms with van der Waals surface area (Å²) < 4.78 is 5.34. The molecule has 10 heteroatoms. The Bertz CT molecular complexity index is 959. The smallest absolute Gasteiger partial charge is 0.294 e. The molecule has 1 saturated heterocycles. The third kappa shape index (κ3) is 5.64. The van der Waals surface area contributed by atoms with Gasteiger partial charge in [0.2, 0.25) is 5.91 Å². The third-order valence-corrected chi connectivity index (χ3v) is 5.17. The molecule has 0 radical (unpaired) electrons. The van der Waals surface area contributed by atoms with Crippen molar-refractivity contribution in [1.82, 2.24) is 10.2 Å². The number of carbonyl (C=O) groups is 2. The number of ether oxygens (including phenoxy) is 1. The highest BCUT2D eigenvalue weighted by Gasteiger charge is 2.26. The molecule has 0 saturated carbocycles. The highest BCUT2D eigenvalue weighted by atomic mass is 35.5. The zero-order valence-corrected chi connectivity index (χ0v) is 17.8. The minimum Gasteiger partial charge on any atom is -0.494 e. The normalized spacial score (nSPS) is 13.6. The lowest BCUT2D eigenvalue weighted by molar-refractivity contribution is -0.384. The molecular formula is C21H23ClN4O5. The fraction of sp³-hybridized carbons (Fsp3) is 0.333. The van der Waals surface area contributed by atoms with Gasteiger partial charge in [0.1, 0.15) is 11.4 Å². The first-order valence-corrected chi connectivity index (χ1v) is 10.2. The van der Waals surface area contributed by atoms with Gasteiger partial charge in [0, 0.05) is 42.8 Å². The molecule has 3 rings (SSSR count). The van der Waals surface area contributed by atoms with E-state index in [-0.39, 0.29) is 24.0 Å².